The second-order valence-corrected chi connectivity index (χ2v) is 13.8. The van der Waals surface area contributed by atoms with E-state index in [9.17, 15) is 19.2 Å². The molecule has 4 aliphatic rings. The van der Waals surface area contributed by atoms with Crippen LogP contribution in [0.4, 0.5) is 9.59 Å². The molecular weight excluding hydrogens is 696 g/mol. The van der Waals surface area contributed by atoms with Gasteiger partial charge in [-0.15, -0.1) is 0 Å². The molecule has 54 heavy (non-hydrogen) atoms. The summed E-state index contributed by atoms with van der Waals surface area (Å²) < 4.78 is 20.6. The molecule has 0 spiro atoms. The quantitative estimate of drug-likeness (QED) is 0.262. The Hall–Kier alpha value is -5.84. The van der Waals surface area contributed by atoms with Gasteiger partial charge in [-0.05, 0) is 61.1 Å². The number of benzene rings is 1. The van der Waals surface area contributed by atoms with Crippen LogP contribution in [0.1, 0.15) is 73.5 Å². The number of carbonyl (C=O) groups is 4. The molecule has 4 atom stereocenters. The Bertz CT molecular complexity index is 2010. The molecule has 2 aromatic heterocycles. The SMILES string of the molecule is COC(=O)NC1(C(=O)N2CCC[C@@H]2c2ncc(C#CC#Cc3ccc(-c4cnc([C@H]5CCCN5C(=O)C5(NC(=O)OC)CCOC5)[nH]4)cc3)[nH]2)CCOC1. The van der Waals surface area contributed by atoms with Crippen molar-refractivity contribution in [3.63, 3.8) is 0 Å². The summed E-state index contributed by atoms with van der Waals surface area (Å²) in [5, 5.41) is 5.43. The Morgan fingerprint density at radius 1 is 0.778 bits per heavy atom. The first-order valence-electron chi connectivity index (χ1n) is 18.0. The van der Waals surface area contributed by atoms with Gasteiger partial charge in [-0.2, -0.15) is 0 Å². The maximum Gasteiger partial charge on any atom is 0.407 e. The van der Waals surface area contributed by atoms with Crippen molar-refractivity contribution < 1.29 is 38.1 Å². The summed E-state index contributed by atoms with van der Waals surface area (Å²) in [6.45, 7) is 2.02. The second-order valence-electron chi connectivity index (χ2n) is 13.8. The predicted molar refractivity (Wildman–Crippen MR) is 191 cm³/mol. The highest BCUT2D eigenvalue weighted by atomic mass is 16.5. The van der Waals surface area contributed by atoms with Crippen LogP contribution in [-0.4, -0.2) is 119 Å². The van der Waals surface area contributed by atoms with Crippen molar-refractivity contribution in [1.82, 2.24) is 40.4 Å². The van der Waals surface area contributed by atoms with E-state index in [1.54, 1.807) is 22.2 Å². The van der Waals surface area contributed by atoms with Gasteiger partial charge in [-0.25, -0.2) is 19.6 Å². The molecule has 6 heterocycles. The summed E-state index contributed by atoms with van der Waals surface area (Å²) in [5.41, 5.74) is 0.739. The summed E-state index contributed by atoms with van der Waals surface area (Å²) in [6.07, 6.45) is 5.86. The van der Waals surface area contributed by atoms with Gasteiger partial charge in [0.15, 0.2) is 0 Å². The lowest BCUT2D eigenvalue weighted by molar-refractivity contribution is -0.140. The average Bonchev–Trinajstić information content (AvgIpc) is 4.04. The van der Waals surface area contributed by atoms with Crippen LogP contribution < -0.4 is 10.6 Å². The number of alkyl carbamates (subject to hydrolysis) is 2. The van der Waals surface area contributed by atoms with E-state index in [-0.39, 0.29) is 37.1 Å². The molecule has 16 nitrogen and oxygen atoms in total. The van der Waals surface area contributed by atoms with Gasteiger partial charge in [-0.3, -0.25) is 9.59 Å². The minimum Gasteiger partial charge on any atom is -0.453 e. The molecule has 4 amide bonds. The number of H-pyrrole nitrogens is 2. The maximum atomic E-state index is 13.8. The van der Waals surface area contributed by atoms with Crippen LogP contribution in [0.15, 0.2) is 36.7 Å². The Morgan fingerprint density at radius 2 is 1.31 bits per heavy atom. The molecule has 2 unspecified atom stereocenters. The number of ether oxygens (including phenoxy) is 4. The molecule has 1 aromatic carbocycles. The van der Waals surface area contributed by atoms with E-state index in [1.807, 2.05) is 24.3 Å². The summed E-state index contributed by atoms with van der Waals surface area (Å²) in [6, 6.07) is 7.14. The maximum absolute atomic E-state index is 13.8. The van der Waals surface area contributed by atoms with E-state index in [0.717, 1.165) is 42.5 Å². The number of imidazole rings is 2. The van der Waals surface area contributed by atoms with Crippen molar-refractivity contribution in [2.75, 3.05) is 53.7 Å². The smallest absolute Gasteiger partial charge is 0.407 e. The normalized spacial score (nSPS) is 24.6. The summed E-state index contributed by atoms with van der Waals surface area (Å²) in [5.74, 6) is 12.7. The molecule has 4 saturated heterocycles. The largest absolute Gasteiger partial charge is 0.453 e. The molecule has 0 saturated carbocycles. The van der Waals surface area contributed by atoms with E-state index in [2.05, 4.69) is 54.3 Å². The lowest BCUT2D eigenvalue weighted by atomic mass is 9.96. The molecule has 0 radical (unpaired) electrons. The lowest BCUT2D eigenvalue weighted by Gasteiger charge is -2.34. The van der Waals surface area contributed by atoms with Crippen LogP contribution in [0.5, 0.6) is 0 Å². The predicted octanol–water partition coefficient (Wildman–Crippen LogP) is 2.56. The minimum absolute atomic E-state index is 0.0876. The van der Waals surface area contributed by atoms with Crippen LogP contribution in [0.2, 0.25) is 0 Å². The number of aromatic nitrogens is 4. The fourth-order valence-electron chi connectivity index (χ4n) is 7.56. The number of hydrogen-bond acceptors (Lipinski definition) is 10. The number of hydrogen-bond donors (Lipinski definition) is 4. The van der Waals surface area contributed by atoms with Crippen LogP contribution in [-0.2, 0) is 28.5 Å². The molecule has 4 N–H and O–H groups in total. The zero-order valence-electron chi connectivity index (χ0n) is 30.2. The molecule has 4 fully saturated rings. The number of rotatable bonds is 7. The number of nitrogens with one attached hydrogen (secondary N) is 4. The fourth-order valence-corrected chi connectivity index (χ4v) is 7.56. The van der Waals surface area contributed by atoms with Gasteiger partial charge in [0.05, 0.1) is 57.6 Å². The van der Waals surface area contributed by atoms with Gasteiger partial charge in [0.25, 0.3) is 11.8 Å². The van der Waals surface area contributed by atoms with Crippen LogP contribution in [0, 0.1) is 23.7 Å². The first-order valence-corrected chi connectivity index (χ1v) is 18.0. The number of nitrogens with zero attached hydrogens (tertiary/aromatic N) is 4. The molecular formula is C38H42N8O8. The first kappa shape index (κ1) is 36.5. The molecule has 3 aromatic rings. The summed E-state index contributed by atoms with van der Waals surface area (Å²) >= 11 is 0. The highest BCUT2D eigenvalue weighted by Crippen LogP contribution is 2.36. The highest BCUT2D eigenvalue weighted by Gasteiger charge is 2.50. The minimum atomic E-state index is -1.17. The Morgan fingerprint density at radius 3 is 1.85 bits per heavy atom. The van der Waals surface area contributed by atoms with Crippen molar-refractivity contribution in [2.24, 2.45) is 0 Å². The fraction of sp³-hybridized carbons (Fsp3) is 0.474. The third-order valence-electron chi connectivity index (χ3n) is 10.4. The van der Waals surface area contributed by atoms with Crippen molar-refractivity contribution in [1.29, 1.82) is 0 Å². The Balaban J connectivity index is 0.973. The molecule has 7 rings (SSSR count). The van der Waals surface area contributed by atoms with Crippen molar-refractivity contribution in [3.8, 4) is 34.9 Å². The zero-order chi connectivity index (χ0) is 37.7. The summed E-state index contributed by atoms with van der Waals surface area (Å²) in [4.78, 5) is 70.8. The van der Waals surface area contributed by atoms with Crippen LogP contribution >= 0.6 is 0 Å². The molecule has 4 aliphatic heterocycles. The molecule has 0 aliphatic carbocycles. The standard InChI is InChI=1S/C38H42N8O8/c1-51-35(49)43-37(15-19-53-23-37)33(47)45-17-5-9-29(45)31-39-21-27(41-31)8-4-3-7-25-11-13-26(14-12-25)28-22-40-32(42-28)30-10-6-18-46(30)34(48)38(16-20-54-24-38)44-36(50)52-2/h11-14,21-22,29-30H,5-6,9-10,15-20,23-24H2,1-2H3,(H,39,41)(H,40,42)(H,43,49)(H,44,50)/t29-,30-,37?,38?/m1/s1. The molecule has 16 heteroatoms. The van der Waals surface area contributed by atoms with E-state index in [0.29, 0.717) is 56.5 Å². The monoisotopic (exact) mass is 738 g/mol. The number of carbonyl (C=O) groups excluding carboxylic acids is 4. The van der Waals surface area contributed by atoms with E-state index < -0.39 is 23.3 Å². The van der Waals surface area contributed by atoms with Crippen LogP contribution in [0.3, 0.4) is 0 Å². The van der Waals surface area contributed by atoms with Crippen molar-refractivity contribution in [2.45, 2.75) is 61.7 Å². The van der Waals surface area contributed by atoms with Gasteiger partial charge < -0.3 is 49.3 Å². The zero-order valence-corrected chi connectivity index (χ0v) is 30.2. The van der Waals surface area contributed by atoms with Gasteiger partial charge >= 0.3 is 12.2 Å². The van der Waals surface area contributed by atoms with Gasteiger partial charge in [0, 0.05) is 44.7 Å². The topological polar surface area (TPSA) is 193 Å². The van der Waals surface area contributed by atoms with Gasteiger partial charge in [0.2, 0.25) is 0 Å². The third-order valence-corrected chi connectivity index (χ3v) is 10.4. The van der Waals surface area contributed by atoms with Gasteiger partial charge in [-0.1, -0.05) is 18.1 Å². The van der Waals surface area contributed by atoms with E-state index in [1.165, 1.54) is 14.2 Å². The Labute approximate surface area is 312 Å². The number of aromatic amines is 2. The van der Waals surface area contributed by atoms with Crippen molar-refractivity contribution >= 4 is 24.0 Å². The Kier molecular flexibility index (Phi) is 10.6. The second kappa shape index (κ2) is 15.6. The number of methoxy groups -OCH3 is 2. The highest BCUT2D eigenvalue weighted by molar-refractivity contribution is 5.91. The first-order chi connectivity index (χ1) is 26.2. The molecule has 282 valence electrons. The lowest BCUT2D eigenvalue weighted by Crippen LogP contribution is -2.60. The summed E-state index contributed by atoms with van der Waals surface area (Å²) in [7, 11) is 2.54. The van der Waals surface area contributed by atoms with Crippen molar-refractivity contribution in [3.05, 3.63) is 59.6 Å². The molecule has 0 bridgehead atoms. The van der Waals surface area contributed by atoms with Crippen LogP contribution in [0.25, 0.3) is 11.3 Å². The van der Waals surface area contributed by atoms with Gasteiger partial charge in [0.1, 0.15) is 28.4 Å². The van der Waals surface area contributed by atoms with E-state index >= 15 is 0 Å². The third kappa shape index (κ3) is 7.35. The number of amides is 4. The van der Waals surface area contributed by atoms with E-state index in [4.69, 9.17) is 18.9 Å². The number of likely N-dealkylation sites (tertiary alicyclic amines) is 2. The average molecular weight is 739 g/mol.